The van der Waals surface area contributed by atoms with E-state index in [1.165, 1.54) is 4.57 Å². The van der Waals surface area contributed by atoms with Crippen LogP contribution in [0.4, 0.5) is 11.6 Å². The van der Waals surface area contributed by atoms with Gasteiger partial charge in [0.1, 0.15) is 5.82 Å². The first-order valence-electron chi connectivity index (χ1n) is 7.08. The molecule has 0 saturated carbocycles. The van der Waals surface area contributed by atoms with Gasteiger partial charge in [0.15, 0.2) is 0 Å². The maximum atomic E-state index is 12.1. The van der Waals surface area contributed by atoms with Crippen molar-refractivity contribution in [2.24, 2.45) is 7.05 Å². The molecule has 7 heteroatoms. The molecule has 0 radical (unpaired) electrons. The van der Waals surface area contributed by atoms with Crippen LogP contribution in [0.2, 0.25) is 0 Å². The van der Waals surface area contributed by atoms with Crippen molar-refractivity contribution in [3.8, 4) is 11.4 Å². The van der Waals surface area contributed by atoms with Gasteiger partial charge >= 0.3 is 5.69 Å². The molecule has 3 rings (SSSR count). The van der Waals surface area contributed by atoms with Crippen molar-refractivity contribution in [1.29, 1.82) is 0 Å². The van der Waals surface area contributed by atoms with E-state index in [9.17, 15) is 4.79 Å². The number of anilines is 2. The fourth-order valence-corrected chi connectivity index (χ4v) is 2.14. The van der Waals surface area contributed by atoms with E-state index in [-0.39, 0.29) is 11.6 Å². The number of pyridine rings is 1. The molecule has 2 N–H and O–H groups in total. The number of nitrogens with zero attached hydrogens (tertiary/aromatic N) is 4. The Morgan fingerprint density at radius 1 is 1.00 bits per heavy atom. The molecule has 0 aliphatic carbocycles. The van der Waals surface area contributed by atoms with Gasteiger partial charge in [-0.25, -0.2) is 4.79 Å². The van der Waals surface area contributed by atoms with E-state index < -0.39 is 0 Å². The molecule has 3 aromatic rings. The molecule has 116 valence electrons. The molecule has 0 amide bonds. The van der Waals surface area contributed by atoms with Gasteiger partial charge in [0.25, 0.3) is 0 Å². The monoisotopic (exact) mass is 308 g/mol. The lowest BCUT2D eigenvalue weighted by Gasteiger charge is -2.12. The quantitative estimate of drug-likeness (QED) is 0.717. The topological polar surface area (TPSA) is 84.7 Å². The SMILES string of the molecule is Cc1ccccc1-c1nc(NNc2ccncc2)nc(=O)n1C. The second-order valence-corrected chi connectivity index (χ2v) is 5.01. The van der Waals surface area contributed by atoms with Gasteiger partial charge in [-0.1, -0.05) is 24.3 Å². The molecule has 0 atom stereocenters. The summed E-state index contributed by atoms with van der Waals surface area (Å²) in [5.74, 6) is 0.769. The first kappa shape index (κ1) is 14.7. The third kappa shape index (κ3) is 3.18. The third-order valence-corrected chi connectivity index (χ3v) is 3.40. The lowest BCUT2D eigenvalue weighted by atomic mass is 10.1. The van der Waals surface area contributed by atoms with Crippen molar-refractivity contribution in [2.45, 2.75) is 6.92 Å². The van der Waals surface area contributed by atoms with Crippen LogP contribution in [0.1, 0.15) is 5.56 Å². The number of aryl methyl sites for hydroxylation is 1. The molecular formula is C16H16N6O. The Kier molecular flexibility index (Phi) is 4.01. The summed E-state index contributed by atoms with van der Waals surface area (Å²) in [6.07, 6.45) is 3.32. The standard InChI is InChI=1S/C16H16N6O/c1-11-5-3-4-6-13(11)14-18-15(19-16(23)22(14)2)21-20-12-7-9-17-10-8-12/h3-10H,1-2H3,(H,17,20)(H,19,21,23). The van der Waals surface area contributed by atoms with E-state index in [0.29, 0.717) is 5.82 Å². The maximum Gasteiger partial charge on any atom is 0.352 e. The highest BCUT2D eigenvalue weighted by atomic mass is 16.1. The van der Waals surface area contributed by atoms with Gasteiger partial charge in [0.05, 0.1) is 5.69 Å². The van der Waals surface area contributed by atoms with Crippen LogP contribution >= 0.6 is 0 Å². The summed E-state index contributed by atoms with van der Waals surface area (Å²) in [7, 11) is 1.66. The summed E-state index contributed by atoms with van der Waals surface area (Å²) < 4.78 is 1.43. The molecule has 2 aromatic heterocycles. The fourth-order valence-electron chi connectivity index (χ4n) is 2.14. The molecule has 2 heterocycles. The molecule has 0 aliphatic rings. The summed E-state index contributed by atoms with van der Waals surface area (Å²) in [5, 5.41) is 0. The van der Waals surface area contributed by atoms with Gasteiger partial charge in [-0.2, -0.15) is 9.97 Å². The Morgan fingerprint density at radius 3 is 2.48 bits per heavy atom. The Labute approximate surface area is 133 Å². The summed E-state index contributed by atoms with van der Waals surface area (Å²) in [4.78, 5) is 24.4. The van der Waals surface area contributed by atoms with Gasteiger partial charge in [-0.15, -0.1) is 0 Å². The number of nitrogens with one attached hydrogen (secondary N) is 2. The van der Waals surface area contributed by atoms with Crippen LogP contribution < -0.4 is 16.5 Å². The van der Waals surface area contributed by atoms with E-state index in [2.05, 4.69) is 25.8 Å². The Balaban J connectivity index is 1.94. The normalized spacial score (nSPS) is 10.3. The summed E-state index contributed by atoms with van der Waals surface area (Å²) in [6.45, 7) is 1.98. The average molecular weight is 308 g/mol. The highest BCUT2D eigenvalue weighted by Gasteiger charge is 2.11. The molecular weight excluding hydrogens is 292 g/mol. The Bertz CT molecular complexity index is 875. The van der Waals surface area contributed by atoms with Crippen molar-refractivity contribution >= 4 is 11.6 Å². The van der Waals surface area contributed by atoms with Crippen LogP contribution in [-0.2, 0) is 7.05 Å². The predicted molar refractivity (Wildman–Crippen MR) is 88.9 cm³/mol. The van der Waals surface area contributed by atoms with Gasteiger partial charge in [0, 0.05) is 25.0 Å². The molecule has 0 aliphatic heterocycles. The molecule has 1 aromatic carbocycles. The lowest BCUT2D eigenvalue weighted by Crippen LogP contribution is -2.26. The minimum atomic E-state index is -0.378. The van der Waals surface area contributed by atoms with E-state index in [1.807, 2.05) is 31.2 Å². The number of rotatable bonds is 4. The number of hydrazine groups is 1. The minimum Gasteiger partial charge on any atom is -0.298 e. The molecule has 23 heavy (non-hydrogen) atoms. The molecule has 0 fully saturated rings. The van der Waals surface area contributed by atoms with Crippen LogP contribution in [0.15, 0.2) is 53.6 Å². The van der Waals surface area contributed by atoms with Crippen molar-refractivity contribution < 1.29 is 0 Å². The predicted octanol–water partition coefficient (Wildman–Crippen LogP) is 1.98. The van der Waals surface area contributed by atoms with Crippen LogP contribution in [0.3, 0.4) is 0 Å². The summed E-state index contributed by atoms with van der Waals surface area (Å²) in [5.41, 5.74) is 8.13. The smallest absolute Gasteiger partial charge is 0.298 e. The first-order chi connectivity index (χ1) is 11.1. The van der Waals surface area contributed by atoms with Crippen LogP contribution in [0.25, 0.3) is 11.4 Å². The number of benzene rings is 1. The summed E-state index contributed by atoms with van der Waals surface area (Å²) in [6, 6.07) is 11.3. The van der Waals surface area contributed by atoms with Crippen LogP contribution in [0.5, 0.6) is 0 Å². The molecule has 0 unspecified atom stereocenters. The molecule has 0 spiro atoms. The summed E-state index contributed by atoms with van der Waals surface area (Å²) >= 11 is 0. The van der Waals surface area contributed by atoms with Gasteiger partial charge < -0.3 is 0 Å². The van der Waals surface area contributed by atoms with E-state index in [0.717, 1.165) is 16.8 Å². The minimum absolute atomic E-state index is 0.211. The van der Waals surface area contributed by atoms with Gasteiger partial charge in [-0.3, -0.25) is 20.4 Å². The lowest BCUT2D eigenvalue weighted by molar-refractivity contribution is 0.785. The second-order valence-electron chi connectivity index (χ2n) is 5.01. The highest BCUT2D eigenvalue weighted by molar-refractivity contribution is 5.61. The number of hydrogen-bond donors (Lipinski definition) is 2. The van der Waals surface area contributed by atoms with Crippen molar-refractivity contribution in [1.82, 2.24) is 19.5 Å². The Morgan fingerprint density at radius 2 is 1.74 bits per heavy atom. The second kappa shape index (κ2) is 6.27. The van der Waals surface area contributed by atoms with Crippen molar-refractivity contribution in [3.05, 3.63) is 64.8 Å². The van der Waals surface area contributed by atoms with Gasteiger partial charge in [0.2, 0.25) is 5.95 Å². The highest BCUT2D eigenvalue weighted by Crippen LogP contribution is 2.20. The first-order valence-corrected chi connectivity index (χ1v) is 7.08. The zero-order chi connectivity index (χ0) is 16.2. The molecule has 0 saturated heterocycles. The Hall–Kier alpha value is -3.22. The molecule has 7 nitrogen and oxygen atoms in total. The number of hydrogen-bond acceptors (Lipinski definition) is 6. The van der Waals surface area contributed by atoms with E-state index in [1.54, 1.807) is 31.6 Å². The number of aromatic nitrogens is 4. The average Bonchev–Trinajstić information content (AvgIpc) is 2.57. The third-order valence-electron chi connectivity index (χ3n) is 3.40. The largest absolute Gasteiger partial charge is 0.352 e. The van der Waals surface area contributed by atoms with E-state index in [4.69, 9.17) is 0 Å². The van der Waals surface area contributed by atoms with E-state index >= 15 is 0 Å². The van der Waals surface area contributed by atoms with Crippen LogP contribution in [0, 0.1) is 6.92 Å². The zero-order valence-corrected chi connectivity index (χ0v) is 12.8. The fraction of sp³-hybridized carbons (Fsp3) is 0.125. The molecule has 0 bridgehead atoms. The maximum absolute atomic E-state index is 12.1. The van der Waals surface area contributed by atoms with Crippen molar-refractivity contribution in [2.75, 3.05) is 10.9 Å². The zero-order valence-electron chi connectivity index (χ0n) is 12.8. The van der Waals surface area contributed by atoms with Crippen LogP contribution in [-0.4, -0.2) is 19.5 Å². The van der Waals surface area contributed by atoms with Gasteiger partial charge in [-0.05, 0) is 24.6 Å². The van der Waals surface area contributed by atoms with Crippen molar-refractivity contribution in [3.63, 3.8) is 0 Å².